The van der Waals surface area contributed by atoms with E-state index in [2.05, 4.69) is 121 Å². The molecule has 0 amide bonds. The third-order valence-corrected chi connectivity index (χ3v) is 7.51. The van der Waals surface area contributed by atoms with Gasteiger partial charge in [0.1, 0.15) is 0 Å². The van der Waals surface area contributed by atoms with Crippen LogP contribution < -0.4 is 0 Å². The molecule has 0 N–H and O–H groups in total. The Balaban J connectivity index is 1.59. The van der Waals surface area contributed by atoms with Crippen molar-refractivity contribution in [1.82, 2.24) is 0 Å². The lowest BCUT2D eigenvalue weighted by Crippen LogP contribution is -1.88. The fourth-order valence-corrected chi connectivity index (χ4v) is 6.06. The normalized spacial score (nSPS) is 12.1. The van der Waals surface area contributed by atoms with Crippen LogP contribution in [0.2, 0.25) is 0 Å². The molecule has 0 bridgehead atoms. The lowest BCUT2D eigenvalue weighted by Gasteiger charge is -2.16. The smallest absolute Gasteiger partial charge is 0.000763 e. The van der Waals surface area contributed by atoms with Crippen molar-refractivity contribution >= 4 is 43.1 Å². The average molecular weight is 429 g/mol. The zero-order valence-corrected chi connectivity index (χ0v) is 18.5. The molecule has 0 nitrogen and oxygen atoms in total. The van der Waals surface area contributed by atoms with Crippen molar-refractivity contribution in [2.24, 2.45) is 0 Å². The maximum absolute atomic E-state index is 2.42. The second kappa shape index (κ2) is 6.56. The number of fused-ring (bicyclic) bond motifs is 7. The lowest BCUT2D eigenvalue weighted by atomic mass is 9.87. The van der Waals surface area contributed by atoms with E-state index >= 15 is 0 Å². The van der Waals surface area contributed by atoms with Crippen molar-refractivity contribution in [2.45, 2.75) is 0 Å². The summed E-state index contributed by atoms with van der Waals surface area (Å²) in [7, 11) is 0. The van der Waals surface area contributed by atoms with Gasteiger partial charge >= 0.3 is 0 Å². The van der Waals surface area contributed by atoms with Crippen molar-refractivity contribution in [1.29, 1.82) is 0 Å². The number of hydrogen-bond acceptors (Lipinski definition) is 0. The molecule has 0 saturated carbocycles. The highest BCUT2D eigenvalue weighted by Crippen LogP contribution is 2.55. The second-order valence-corrected chi connectivity index (χ2v) is 9.33. The molecule has 0 radical (unpaired) electrons. The van der Waals surface area contributed by atoms with Gasteiger partial charge < -0.3 is 0 Å². The van der Waals surface area contributed by atoms with Crippen molar-refractivity contribution in [3.8, 4) is 33.4 Å². The summed E-state index contributed by atoms with van der Waals surface area (Å²) < 4.78 is 0. The number of benzene rings is 7. The van der Waals surface area contributed by atoms with E-state index in [9.17, 15) is 0 Å². The van der Waals surface area contributed by atoms with Crippen LogP contribution in [0.5, 0.6) is 0 Å². The Morgan fingerprint density at radius 1 is 0.324 bits per heavy atom. The largest absolute Gasteiger partial charge is 0.0622 e. The molecule has 0 heterocycles. The molecule has 156 valence electrons. The molecule has 7 aromatic rings. The monoisotopic (exact) mass is 428 g/mol. The first-order valence-corrected chi connectivity index (χ1v) is 11.9. The molecule has 0 fully saturated rings. The van der Waals surface area contributed by atoms with Gasteiger partial charge in [-0.05, 0) is 101 Å². The van der Waals surface area contributed by atoms with Crippen LogP contribution in [0.1, 0.15) is 0 Å². The zero-order chi connectivity index (χ0) is 22.2. The quantitative estimate of drug-likeness (QED) is 0.180. The summed E-state index contributed by atoms with van der Waals surface area (Å²) in [6, 6.07) is 44.8. The van der Waals surface area contributed by atoms with Gasteiger partial charge in [0.05, 0.1) is 0 Å². The SMILES string of the molecule is c1ccc(-c2c3c4c(cccc4c4ccccc24)-c2cc4cc5ccccc5cc4cc2-3)cc1. The summed E-state index contributed by atoms with van der Waals surface area (Å²) in [5, 5.41) is 10.5. The van der Waals surface area contributed by atoms with Crippen LogP contribution >= 0.6 is 0 Å². The van der Waals surface area contributed by atoms with E-state index in [1.807, 2.05) is 0 Å². The zero-order valence-electron chi connectivity index (χ0n) is 18.5. The van der Waals surface area contributed by atoms with Crippen LogP contribution in [0.25, 0.3) is 76.5 Å². The Kier molecular flexibility index (Phi) is 3.48. The van der Waals surface area contributed by atoms with Crippen molar-refractivity contribution < 1.29 is 0 Å². The van der Waals surface area contributed by atoms with E-state index in [0.717, 1.165) is 0 Å². The molecule has 0 atom stereocenters. The predicted octanol–water partition coefficient (Wildman–Crippen LogP) is 9.61. The predicted molar refractivity (Wildman–Crippen MR) is 146 cm³/mol. The van der Waals surface area contributed by atoms with E-state index in [1.165, 1.54) is 76.5 Å². The topological polar surface area (TPSA) is 0 Å². The minimum Gasteiger partial charge on any atom is -0.0622 e. The second-order valence-electron chi connectivity index (χ2n) is 9.33. The Labute approximate surface area is 197 Å². The van der Waals surface area contributed by atoms with Crippen molar-refractivity contribution in [2.75, 3.05) is 0 Å². The minimum atomic E-state index is 1.27. The first kappa shape index (κ1) is 18.1. The summed E-state index contributed by atoms with van der Waals surface area (Å²) in [6.07, 6.45) is 0. The van der Waals surface area contributed by atoms with Gasteiger partial charge in [-0.2, -0.15) is 0 Å². The summed E-state index contributed by atoms with van der Waals surface area (Å²) in [5.74, 6) is 0. The fourth-order valence-electron chi connectivity index (χ4n) is 6.06. The van der Waals surface area contributed by atoms with Crippen LogP contribution in [0.3, 0.4) is 0 Å². The summed E-state index contributed by atoms with van der Waals surface area (Å²) in [4.78, 5) is 0. The molecule has 34 heavy (non-hydrogen) atoms. The van der Waals surface area contributed by atoms with Crippen LogP contribution in [0, 0.1) is 0 Å². The van der Waals surface area contributed by atoms with E-state index in [0.29, 0.717) is 0 Å². The fraction of sp³-hybridized carbons (Fsp3) is 0. The molecular formula is C34H20. The summed E-state index contributed by atoms with van der Waals surface area (Å²) in [6.45, 7) is 0. The Morgan fingerprint density at radius 2 is 0.941 bits per heavy atom. The number of hydrogen-bond donors (Lipinski definition) is 0. The van der Waals surface area contributed by atoms with Crippen LogP contribution in [-0.4, -0.2) is 0 Å². The Hall–Kier alpha value is -4.42. The van der Waals surface area contributed by atoms with Crippen LogP contribution in [0.4, 0.5) is 0 Å². The van der Waals surface area contributed by atoms with Gasteiger partial charge in [0.2, 0.25) is 0 Å². The first-order valence-electron chi connectivity index (χ1n) is 11.9. The molecule has 0 aromatic heterocycles. The van der Waals surface area contributed by atoms with Gasteiger partial charge in [0, 0.05) is 0 Å². The van der Waals surface area contributed by atoms with E-state index in [4.69, 9.17) is 0 Å². The molecule has 8 rings (SSSR count). The Morgan fingerprint density at radius 3 is 1.71 bits per heavy atom. The minimum absolute atomic E-state index is 1.27. The van der Waals surface area contributed by atoms with Gasteiger partial charge in [-0.25, -0.2) is 0 Å². The molecule has 7 aromatic carbocycles. The van der Waals surface area contributed by atoms with Crippen LogP contribution in [-0.2, 0) is 0 Å². The number of rotatable bonds is 1. The highest BCUT2D eigenvalue weighted by Gasteiger charge is 2.27. The third-order valence-electron chi connectivity index (χ3n) is 7.51. The van der Waals surface area contributed by atoms with Gasteiger partial charge in [-0.1, -0.05) is 97.1 Å². The molecule has 1 aliphatic carbocycles. The van der Waals surface area contributed by atoms with Gasteiger partial charge in [-0.15, -0.1) is 0 Å². The van der Waals surface area contributed by atoms with Gasteiger partial charge in [0.25, 0.3) is 0 Å². The summed E-state index contributed by atoms with van der Waals surface area (Å²) in [5.41, 5.74) is 8.03. The molecule has 0 unspecified atom stereocenters. The maximum atomic E-state index is 2.42. The highest BCUT2D eigenvalue weighted by molar-refractivity contribution is 6.30. The lowest BCUT2D eigenvalue weighted by molar-refractivity contribution is 1.66. The van der Waals surface area contributed by atoms with Crippen molar-refractivity contribution in [3.05, 3.63) is 121 Å². The van der Waals surface area contributed by atoms with E-state index < -0.39 is 0 Å². The Bertz CT molecular complexity index is 1940. The molecule has 0 saturated heterocycles. The van der Waals surface area contributed by atoms with Gasteiger partial charge in [0.15, 0.2) is 0 Å². The van der Waals surface area contributed by atoms with Crippen molar-refractivity contribution in [3.63, 3.8) is 0 Å². The highest BCUT2D eigenvalue weighted by atomic mass is 14.3. The van der Waals surface area contributed by atoms with Crippen LogP contribution in [0.15, 0.2) is 121 Å². The van der Waals surface area contributed by atoms with E-state index in [-0.39, 0.29) is 0 Å². The third kappa shape index (κ3) is 2.32. The average Bonchev–Trinajstić information content (AvgIpc) is 3.21. The standard InChI is InChI=1S/C34H20/c1-2-9-21(10-3-1)32-27-14-7-6-13-26(27)28-15-8-16-29-30-19-24-17-22-11-4-5-12-23(22)18-25(24)20-31(30)34(32)33(28)29/h1-20H. The molecule has 0 spiro atoms. The van der Waals surface area contributed by atoms with Gasteiger partial charge in [-0.3, -0.25) is 0 Å². The molecule has 0 aliphatic heterocycles. The first-order chi connectivity index (χ1) is 16.9. The molecule has 1 aliphatic rings. The molecular weight excluding hydrogens is 408 g/mol. The summed E-state index contributed by atoms with van der Waals surface area (Å²) >= 11 is 0. The van der Waals surface area contributed by atoms with E-state index in [1.54, 1.807) is 0 Å². The maximum Gasteiger partial charge on any atom is -0.000763 e. The molecule has 0 heteroatoms.